The van der Waals surface area contributed by atoms with Crippen molar-refractivity contribution in [2.24, 2.45) is 0 Å². The van der Waals surface area contributed by atoms with Crippen LogP contribution in [0, 0.1) is 0 Å². The number of thioether (sulfide) groups is 1. The number of nitrogens with one attached hydrogen (secondary N) is 1. The maximum absolute atomic E-state index is 6.10. The summed E-state index contributed by atoms with van der Waals surface area (Å²) in [6.45, 7) is 0. The summed E-state index contributed by atoms with van der Waals surface area (Å²) in [5.41, 5.74) is 3.22. The second kappa shape index (κ2) is 6.08. The zero-order chi connectivity index (χ0) is 15.8. The number of aromatic nitrogens is 2. The van der Waals surface area contributed by atoms with Crippen LogP contribution in [0.15, 0.2) is 59.8 Å². The molecule has 0 amide bonds. The van der Waals surface area contributed by atoms with E-state index >= 15 is 0 Å². The van der Waals surface area contributed by atoms with Crippen LogP contribution in [0.2, 0.25) is 10.0 Å². The lowest BCUT2D eigenvalue weighted by atomic mass is 10.1. The van der Waals surface area contributed by atoms with Crippen LogP contribution in [-0.4, -0.2) is 9.97 Å². The van der Waals surface area contributed by atoms with Crippen LogP contribution in [-0.2, 0) is 5.75 Å². The van der Waals surface area contributed by atoms with Gasteiger partial charge in [0.25, 0.3) is 0 Å². The first-order chi connectivity index (χ1) is 11.2. The highest BCUT2D eigenvalue weighted by atomic mass is 35.5. The van der Waals surface area contributed by atoms with Gasteiger partial charge in [-0.2, -0.15) is 0 Å². The number of imidazole rings is 1. The van der Waals surface area contributed by atoms with E-state index in [1.807, 2.05) is 24.3 Å². The van der Waals surface area contributed by atoms with Crippen molar-refractivity contribution in [2.45, 2.75) is 10.9 Å². The van der Waals surface area contributed by atoms with E-state index in [1.54, 1.807) is 11.8 Å². The number of halogens is 2. The summed E-state index contributed by atoms with van der Waals surface area (Å²) in [6.07, 6.45) is 0. The first kappa shape index (κ1) is 14.9. The quantitative estimate of drug-likeness (QED) is 0.434. The molecule has 0 aliphatic heterocycles. The van der Waals surface area contributed by atoms with E-state index in [0.717, 1.165) is 32.7 Å². The van der Waals surface area contributed by atoms with Gasteiger partial charge in [-0.25, -0.2) is 4.98 Å². The number of fused-ring (bicyclic) bond motifs is 2. The van der Waals surface area contributed by atoms with Gasteiger partial charge in [-0.3, -0.25) is 0 Å². The molecule has 1 heterocycles. The number of hydrogen-bond donors (Lipinski definition) is 1. The fourth-order valence-electron chi connectivity index (χ4n) is 2.52. The van der Waals surface area contributed by atoms with Crippen molar-refractivity contribution in [1.29, 1.82) is 0 Å². The van der Waals surface area contributed by atoms with Gasteiger partial charge < -0.3 is 4.98 Å². The van der Waals surface area contributed by atoms with E-state index in [2.05, 4.69) is 40.3 Å². The van der Waals surface area contributed by atoms with Gasteiger partial charge in [-0.15, -0.1) is 0 Å². The Kier molecular flexibility index (Phi) is 3.93. The Morgan fingerprint density at radius 1 is 0.913 bits per heavy atom. The fraction of sp³-hybridized carbons (Fsp3) is 0.0556. The first-order valence-corrected chi connectivity index (χ1v) is 8.88. The van der Waals surface area contributed by atoms with E-state index in [9.17, 15) is 0 Å². The molecule has 0 aliphatic rings. The van der Waals surface area contributed by atoms with Crippen molar-refractivity contribution in [2.75, 3.05) is 0 Å². The SMILES string of the molecule is Clc1cc2cc3nc(SCc4ccccc4)[nH]c3cc2cc1Cl. The van der Waals surface area contributed by atoms with Crippen LogP contribution in [0.4, 0.5) is 0 Å². The zero-order valence-corrected chi connectivity index (χ0v) is 14.3. The third kappa shape index (κ3) is 3.05. The van der Waals surface area contributed by atoms with E-state index in [0.29, 0.717) is 10.0 Å². The molecule has 114 valence electrons. The Morgan fingerprint density at radius 3 is 2.35 bits per heavy atom. The minimum Gasteiger partial charge on any atom is -0.333 e. The lowest BCUT2D eigenvalue weighted by molar-refractivity contribution is 1.08. The Balaban J connectivity index is 1.68. The largest absolute Gasteiger partial charge is 0.333 e. The van der Waals surface area contributed by atoms with Crippen LogP contribution in [0.3, 0.4) is 0 Å². The van der Waals surface area contributed by atoms with E-state index < -0.39 is 0 Å². The Bertz CT molecular complexity index is 938. The van der Waals surface area contributed by atoms with Crippen molar-refractivity contribution in [3.05, 3.63) is 70.2 Å². The van der Waals surface area contributed by atoms with Crippen molar-refractivity contribution >= 4 is 56.8 Å². The number of nitrogens with zero attached hydrogens (tertiary/aromatic N) is 1. The molecular weight excluding hydrogens is 347 g/mol. The highest BCUT2D eigenvalue weighted by Gasteiger charge is 2.07. The molecule has 0 bridgehead atoms. The number of rotatable bonds is 3. The number of H-pyrrole nitrogens is 1. The van der Waals surface area contributed by atoms with Crippen LogP contribution in [0.1, 0.15) is 5.56 Å². The third-order valence-corrected chi connectivity index (χ3v) is 5.34. The molecule has 23 heavy (non-hydrogen) atoms. The van der Waals surface area contributed by atoms with Crippen LogP contribution >= 0.6 is 35.0 Å². The molecule has 4 aromatic rings. The Morgan fingerprint density at radius 2 is 1.61 bits per heavy atom. The van der Waals surface area contributed by atoms with E-state index in [4.69, 9.17) is 23.2 Å². The molecule has 0 saturated carbocycles. The molecule has 0 aliphatic carbocycles. The van der Waals surface area contributed by atoms with Crippen molar-refractivity contribution in [3.8, 4) is 0 Å². The summed E-state index contributed by atoms with van der Waals surface area (Å²) in [4.78, 5) is 8.03. The molecule has 0 atom stereocenters. The predicted molar refractivity (Wildman–Crippen MR) is 99.6 cm³/mol. The maximum atomic E-state index is 6.10. The van der Waals surface area contributed by atoms with E-state index in [-0.39, 0.29) is 0 Å². The van der Waals surface area contributed by atoms with Gasteiger partial charge in [-0.1, -0.05) is 65.3 Å². The normalized spacial score (nSPS) is 11.4. The molecule has 0 saturated heterocycles. The molecule has 2 nitrogen and oxygen atoms in total. The zero-order valence-electron chi connectivity index (χ0n) is 12.0. The van der Waals surface area contributed by atoms with Crippen molar-refractivity contribution in [3.63, 3.8) is 0 Å². The predicted octanol–water partition coefficient (Wildman–Crippen LogP) is 6.32. The van der Waals surface area contributed by atoms with E-state index in [1.165, 1.54) is 5.56 Å². The highest BCUT2D eigenvalue weighted by molar-refractivity contribution is 7.98. The van der Waals surface area contributed by atoms with Gasteiger partial charge in [0, 0.05) is 5.75 Å². The van der Waals surface area contributed by atoms with Gasteiger partial charge in [0.2, 0.25) is 0 Å². The molecule has 1 aromatic heterocycles. The molecule has 1 N–H and O–H groups in total. The number of aromatic amines is 1. The molecule has 0 unspecified atom stereocenters. The second-order valence-electron chi connectivity index (χ2n) is 5.30. The molecule has 0 fully saturated rings. The minimum absolute atomic E-state index is 0.563. The molecular formula is C18H12Cl2N2S. The van der Waals surface area contributed by atoms with Crippen LogP contribution < -0.4 is 0 Å². The van der Waals surface area contributed by atoms with Gasteiger partial charge in [0.05, 0.1) is 21.1 Å². The molecule has 0 radical (unpaired) electrons. The van der Waals surface area contributed by atoms with Crippen molar-refractivity contribution in [1.82, 2.24) is 9.97 Å². The van der Waals surface area contributed by atoms with Gasteiger partial charge in [0.15, 0.2) is 5.16 Å². The summed E-state index contributed by atoms with van der Waals surface area (Å²) in [6, 6.07) is 18.2. The summed E-state index contributed by atoms with van der Waals surface area (Å²) < 4.78 is 0. The standard InChI is InChI=1S/C18H12Cl2N2S/c19-14-6-12-8-16-17(9-13(12)7-15(14)20)22-18(21-16)23-10-11-4-2-1-3-5-11/h1-9H,10H2,(H,21,22). The topological polar surface area (TPSA) is 28.7 Å². The molecule has 0 spiro atoms. The highest BCUT2D eigenvalue weighted by Crippen LogP contribution is 2.31. The van der Waals surface area contributed by atoms with Crippen LogP contribution in [0.25, 0.3) is 21.8 Å². The molecule has 3 aromatic carbocycles. The lowest BCUT2D eigenvalue weighted by Crippen LogP contribution is -1.80. The Labute approximate surface area is 147 Å². The number of hydrogen-bond acceptors (Lipinski definition) is 2. The fourth-order valence-corrected chi connectivity index (χ4v) is 3.71. The van der Waals surface area contributed by atoms with Crippen molar-refractivity contribution < 1.29 is 0 Å². The van der Waals surface area contributed by atoms with Crippen LogP contribution in [0.5, 0.6) is 0 Å². The minimum atomic E-state index is 0.563. The summed E-state index contributed by atoms with van der Waals surface area (Å²) in [5, 5.41) is 4.13. The Hall–Kier alpha value is -1.68. The molecule has 5 heteroatoms. The first-order valence-electron chi connectivity index (χ1n) is 7.14. The monoisotopic (exact) mass is 358 g/mol. The van der Waals surface area contributed by atoms with Gasteiger partial charge in [0.1, 0.15) is 0 Å². The average molecular weight is 359 g/mol. The molecule has 4 rings (SSSR count). The number of benzene rings is 3. The summed E-state index contributed by atoms with van der Waals surface area (Å²) >= 11 is 13.9. The average Bonchev–Trinajstić information content (AvgIpc) is 2.95. The third-order valence-electron chi connectivity index (χ3n) is 3.68. The van der Waals surface area contributed by atoms with Gasteiger partial charge >= 0.3 is 0 Å². The summed E-state index contributed by atoms with van der Waals surface area (Å²) in [7, 11) is 0. The van der Waals surface area contributed by atoms with Gasteiger partial charge in [-0.05, 0) is 40.6 Å². The smallest absolute Gasteiger partial charge is 0.166 e. The summed E-state index contributed by atoms with van der Waals surface area (Å²) in [5.74, 6) is 0.887. The second-order valence-corrected chi connectivity index (χ2v) is 7.08. The maximum Gasteiger partial charge on any atom is 0.166 e. The lowest BCUT2D eigenvalue weighted by Gasteiger charge is -2.01.